The van der Waals surface area contributed by atoms with Crippen LogP contribution in [0.1, 0.15) is 34.6 Å². The van der Waals surface area contributed by atoms with Crippen LogP contribution in [0.5, 0.6) is 0 Å². The lowest BCUT2D eigenvalue weighted by Crippen LogP contribution is -2.25. The number of aromatic amines is 1. The van der Waals surface area contributed by atoms with Crippen LogP contribution < -0.4 is 5.32 Å². The van der Waals surface area contributed by atoms with E-state index in [0.29, 0.717) is 5.56 Å². The van der Waals surface area contributed by atoms with Crippen molar-refractivity contribution < 1.29 is 18.0 Å². The molecule has 0 aliphatic heterocycles. The molecule has 32 heavy (non-hydrogen) atoms. The van der Waals surface area contributed by atoms with Crippen LogP contribution in [0.25, 0.3) is 10.9 Å². The normalized spacial score (nSPS) is 12.6. The van der Waals surface area contributed by atoms with E-state index in [4.69, 9.17) is 11.6 Å². The topological polar surface area (TPSA) is 57.8 Å². The average Bonchev–Trinajstić information content (AvgIpc) is 3.20. The standard InChI is InChI=1S/C24H19ClF3N3O/c25-21-8-7-16(10-20(21)24(26,27)28)18(19-14-30-22-6-2-1-5-17(19)22)11-23(32)31-13-15-4-3-9-29-12-15/h1-10,12,14,18,30H,11,13H2,(H,31,32). The molecule has 0 fully saturated rings. The largest absolute Gasteiger partial charge is 0.417 e. The predicted octanol–water partition coefficient (Wildman–Crippen LogP) is 6.07. The number of hydrogen-bond donors (Lipinski definition) is 2. The van der Waals surface area contributed by atoms with Gasteiger partial charge in [0.2, 0.25) is 5.91 Å². The van der Waals surface area contributed by atoms with E-state index < -0.39 is 17.7 Å². The van der Waals surface area contributed by atoms with Gasteiger partial charge in [-0.3, -0.25) is 9.78 Å². The van der Waals surface area contributed by atoms with Gasteiger partial charge in [0.15, 0.2) is 0 Å². The number of carbonyl (C=O) groups excluding carboxylic acids is 1. The lowest BCUT2D eigenvalue weighted by atomic mass is 9.87. The molecule has 0 aliphatic rings. The second kappa shape index (κ2) is 9.04. The first-order valence-electron chi connectivity index (χ1n) is 9.91. The zero-order valence-corrected chi connectivity index (χ0v) is 17.5. The lowest BCUT2D eigenvalue weighted by molar-refractivity contribution is -0.137. The maximum absolute atomic E-state index is 13.5. The minimum Gasteiger partial charge on any atom is -0.361 e. The lowest BCUT2D eigenvalue weighted by Gasteiger charge is -2.19. The van der Waals surface area contributed by atoms with Crippen molar-refractivity contribution in [2.45, 2.75) is 25.1 Å². The van der Waals surface area contributed by atoms with Crippen LogP contribution >= 0.6 is 11.6 Å². The van der Waals surface area contributed by atoms with Gasteiger partial charge in [-0.2, -0.15) is 13.2 Å². The van der Waals surface area contributed by atoms with Gasteiger partial charge in [0.1, 0.15) is 0 Å². The van der Waals surface area contributed by atoms with Crippen molar-refractivity contribution in [3.05, 3.63) is 100 Å². The van der Waals surface area contributed by atoms with Gasteiger partial charge in [0.05, 0.1) is 10.6 Å². The highest BCUT2D eigenvalue weighted by molar-refractivity contribution is 6.31. The Hall–Kier alpha value is -3.32. The summed E-state index contributed by atoms with van der Waals surface area (Å²) in [7, 11) is 0. The number of halogens is 4. The summed E-state index contributed by atoms with van der Waals surface area (Å²) in [6.07, 6.45) is 0.399. The SMILES string of the molecule is O=C(CC(c1ccc(Cl)c(C(F)(F)F)c1)c1c[nH]c2ccccc12)NCc1cccnc1. The molecule has 1 unspecified atom stereocenters. The Labute approximate surface area is 187 Å². The summed E-state index contributed by atoms with van der Waals surface area (Å²) in [5.74, 6) is -0.883. The van der Waals surface area contributed by atoms with Crippen LogP contribution in [0, 0.1) is 0 Å². The molecular formula is C24H19ClF3N3O. The third-order valence-corrected chi connectivity index (χ3v) is 5.63. The van der Waals surface area contributed by atoms with Crippen LogP contribution in [-0.4, -0.2) is 15.9 Å². The number of amides is 1. The maximum atomic E-state index is 13.5. The Morgan fingerprint density at radius 3 is 2.69 bits per heavy atom. The molecule has 0 bridgehead atoms. The van der Waals surface area contributed by atoms with E-state index in [0.717, 1.165) is 28.1 Å². The van der Waals surface area contributed by atoms with Crippen molar-refractivity contribution in [1.82, 2.24) is 15.3 Å². The molecule has 2 N–H and O–H groups in total. The summed E-state index contributed by atoms with van der Waals surface area (Å²) < 4.78 is 40.4. The Bertz CT molecular complexity index is 1240. The van der Waals surface area contributed by atoms with Gasteiger partial charge in [-0.25, -0.2) is 0 Å². The van der Waals surface area contributed by atoms with Gasteiger partial charge >= 0.3 is 6.18 Å². The molecule has 2 aromatic heterocycles. The van der Waals surface area contributed by atoms with Gasteiger partial charge in [-0.05, 0) is 41.0 Å². The molecule has 2 heterocycles. The molecule has 1 atom stereocenters. The number of carbonyl (C=O) groups is 1. The van der Waals surface area contributed by atoms with E-state index in [9.17, 15) is 18.0 Å². The fourth-order valence-corrected chi connectivity index (χ4v) is 3.95. The van der Waals surface area contributed by atoms with E-state index in [-0.39, 0.29) is 23.9 Å². The molecule has 8 heteroatoms. The van der Waals surface area contributed by atoms with Crippen molar-refractivity contribution >= 4 is 28.4 Å². The molecule has 4 rings (SSSR count). The number of para-hydroxylation sites is 1. The number of hydrogen-bond acceptors (Lipinski definition) is 2. The molecule has 0 aliphatic carbocycles. The second-order valence-electron chi connectivity index (χ2n) is 7.42. The smallest absolute Gasteiger partial charge is 0.361 e. The molecule has 4 aromatic rings. The van der Waals surface area contributed by atoms with E-state index in [1.807, 2.05) is 30.3 Å². The van der Waals surface area contributed by atoms with E-state index in [1.54, 1.807) is 30.7 Å². The van der Waals surface area contributed by atoms with Crippen LogP contribution in [0.3, 0.4) is 0 Å². The minimum absolute atomic E-state index is 0.0267. The van der Waals surface area contributed by atoms with Crippen molar-refractivity contribution in [3.63, 3.8) is 0 Å². The van der Waals surface area contributed by atoms with Crippen LogP contribution in [0.2, 0.25) is 5.02 Å². The molecule has 0 saturated heterocycles. The van der Waals surface area contributed by atoms with Gasteiger partial charge in [-0.15, -0.1) is 0 Å². The van der Waals surface area contributed by atoms with E-state index in [2.05, 4.69) is 15.3 Å². The zero-order chi connectivity index (χ0) is 22.7. The maximum Gasteiger partial charge on any atom is 0.417 e. The minimum atomic E-state index is -4.60. The first-order chi connectivity index (χ1) is 15.3. The number of rotatable bonds is 6. The van der Waals surface area contributed by atoms with Crippen molar-refractivity contribution in [1.29, 1.82) is 0 Å². The summed E-state index contributed by atoms with van der Waals surface area (Å²) in [6.45, 7) is 0.279. The molecular weight excluding hydrogens is 439 g/mol. The molecule has 4 nitrogen and oxygen atoms in total. The Balaban J connectivity index is 1.68. The number of nitrogens with one attached hydrogen (secondary N) is 2. The van der Waals surface area contributed by atoms with Crippen LogP contribution in [-0.2, 0) is 17.5 Å². The van der Waals surface area contributed by atoms with Crippen LogP contribution in [0.15, 0.2) is 73.2 Å². The Morgan fingerprint density at radius 1 is 1.12 bits per heavy atom. The fourth-order valence-electron chi connectivity index (χ4n) is 3.73. The zero-order valence-electron chi connectivity index (χ0n) is 16.8. The van der Waals surface area contributed by atoms with Crippen molar-refractivity contribution in [2.24, 2.45) is 0 Å². The van der Waals surface area contributed by atoms with E-state index >= 15 is 0 Å². The number of aromatic nitrogens is 2. The molecule has 0 saturated carbocycles. The number of H-pyrrole nitrogens is 1. The Kier molecular flexibility index (Phi) is 6.19. The average molecular weight is 458 g/mol. The highest BCUT2D eigenvalue weighted by Crippen LogP contribution is 2.39. The number of pyridine rings is 1. The molecule has 2 aromatic carbocycles. The summed E-state index contributed by atoms with van der Waals surface area (Å²) in [4.78, 5) is 19.9. The van der Waals surface area contributed by atoms with Gasteiger partial charge in [-0.1, -0.05) is 41.9 Å². The number of nitrogens with zero attached hydrogens (tertiary/aromatic N) is 1. The first kappa shape index (κ1) is 21.9. The molecule has 0 spiro atoms. The third kappa shape index (κ3) is 4.78. The highest BCUT2D eigenvalue weighted by atomic mass is 35.5. The summed E-state index contributed by atoms with van der Waals surface area (Å²) >= 11 is 5.82. The first-order valence-corrected chi connectivity index (χ1v) is 10.3. The van der Waals surface area contributed by atoms with E-state index in [1.165, 1.54) is 6.07 Å². The van der Waals surface area contributed by atoms with Gasteiger partial charge in [0.25, 0.3) is 0 Å². The summed E-state index contributed by atoms with van der Waals surface area (Å²) in [5.41, 5.74) is 1.86. The number of benzene rings is 2. The summed E-state index contributed by atoms with van der Waals surface area (Å²) in [6, 6.07) is 14.9. The molecule has 0 radical (unpaired) electrons. The van der Waals surface area contributed by atoms with Crippen LogP contribution in [0.4, 0.5) is 13.2 Å². The number of alkyl halides is 3. The fraction of sp³-hybridized carbons (Fsp3) is 0.167. The highest BCUT2D eigenvalue weighted by Gasteiger charge is 2.34. The Morgan fingerprint density at radius 2 is 1.94 bits per heavy atom. The molecule has 164 valence electrons. The summed E-state index contributed by atoms with van der Waals surface area (Å²) in [5, 5.41) is 3.30. The molecule has 1 amide bonds. The third-order valence-electron chi connectivity index (χ3n) is 5.30. The van der Waals surface area contributed by atoms with Crippen molar-refractivity contribution in [3.8, 4) is 0 Å². The monoisotopic (exact) mass is 457 g/mol. The van der Waals surface area contributed by atoms with Gasteiger partial charge < -0.3 is 10.3 Å². The quantitative estimate of drug-likeness (QED) is 0.369. The van der Waals surface area contributed by atoms with Crippen molar-refractivity contribution in [2.75, 3.05) is 0 Å². The predicted molar refractivity (Wildman–Crippen MR) is 117 cm³/mol. The number of fused-ring (bicyclic) bond motifs is 1. The van der Waals surface area contributed by atoms with Gasteiger partial charge in [0, 0.05) is 48.4 Å². The second-order valence-corrected chi connectivity index (χ2v) is 7.83.